The smallest absolute Gasteiger partial charge is 0.0307 e. The number of hydrogen-bond donors (Lipinski definition) is 1. The van der Waals surface area contributed by atoms with Crippen LogP contribution in [0.5, 0.6) is 0 Å². The van der Waals surface area contributed by atoms with Gasteiger partial charge in [-0.05, 0) is 51.9 Å². The summed E-state index contributed by atoms with van der Waals surface area (Å²) in [5.74, 6) is 0.692. The van der Waals surface area contributed by atoms with Gasteiger partial charge in [-0.3, -0.25) is 0 Å². The van der Waals surface area contributed by atoms with E-state index in [1.807, 2.05) is 0 Å². The minimum atomic E-state index is 0.100. The zero-order valence-corrected chi connectivity index (χ0v) is 12.8. The first-order valence-electron chi connectivity index (χ1n) is 7.83. The maximum atomic E-state index is 6.58. The Morgan fingerprint density at radius 3 is 1.86 bits per heavy atom. The summed E-state index contributed by atoms with van der Waals surface area (Å²) in [5.41, 5.74) is 7.89. The molecule has 1 nitrogen and oxygen atoms in total. The van der Waals surface area contributed by atoms with Gasteiger partial charge in [0.1, 0.15) is 0 Å². The van der Waals surface area contributed by atoms with Gasteiger partial charge in [0.05, 0.1) is 0 Å². The van der Waals surface area contributed by atoms with Gasteiger partial charge in [0.2, 0.25) is 0 Å². The highest BCUT2D eigenvalue weighted by atomic mass is 14.6. The van der Waals surface area contributed by atoms with E-state index in [1.54, 1.807) is 0 Å². The molecule has 0 bridgehead atoms. The Labute approximate surface area is 126 Å². The SMILES string of the molecule is CC(C)CC[C@H](N)c1c2ccccc2cc2ccccc12. The molecule has 0 heterocycles. The monoisotopic (exact) mass is 277 g/mol. The Morgan fingerprint density at radius 2 is 1.33 bits per heavy atom. The Balaban J connectivity index is 2.20. The van der Waals surface area contributed by atoms with E-state index < -0.39 is 0 Å². The van der Waals surface area contributed by atoms with Crippen molar-refractivity contribution in [1.82, 2.24) is 0 Å². The highest BCUT2D eigenvalue weighted by Gasteiger charge is 2.14. The molecule has 21 heavy (non-hydrogen) atoms. The summed E-state index contributed by atoms with van der Waals surface area (Å²) >= 11 is 0. The van der Waals surface area contributed by atoms with Crippen LogP contribution in [-0.4, -0.2) is 0 Å². The molecule has 0 fully saturated rings. The lowest BCUT2D eigenvalue weighted by atomic mass is 9.89. The number of nitrogens with two attached hydrogens (primary N) is 1. The van der Waals surface area contributed by atoms with Crippen LogP contribution in [0.3, 0.4) is 0 Å². The molecule has 0 spiro atoms. The fourth-order valence-electron chi connectivity index (χ4n) is 3.11. The molecular weight excluding hydrogens is 254 g/mol. The predicted molar refractivity (Wildman–Crippen MR) is 92.5 cm³/mol. The van der Waals surface area contributed by atoms with Crippen molar-refractivity contribution in [3.8, 4) is 0 Å². The largest absolute Gasteiger partial charge is 0.324 e. The first kappa shape index (κ1) is 14.1. The van der Waals surface area contributed by atoms with E-state index in [0.717, 1.165) is 6.42 Å². The van der Waals surface area contributed by atoms with Gasteiger partial charge in [0.25, 0.3) is 0 Å². The molecule has 0 aromatic heterocycles. The highest BCUT2D eigenvalue weighted by molar-refractivity contribution is 6.02. The number of fused-ring (bicyclic) bond motifs is 2. The van der Waals surface area contributed by atoms with Crippen LogP contribution in [0.4, 0.5) is 0 Å². The molecule has 3 rings (SSSR count). The third-order valence-corrected chi connectivity index (χ3v) is 4.24. The summed E-state index contributed by atoms with van der Waals surface area (Å²) in [6.07, 6.45) is 2.20. The Kier molecular flexibility index (Phi) is 3.94. The van der Waals surface area contributed by atoms with Crippen LogP contribution in [0.1, 0.15) is 38.3 Å². The van der Waals surface area contributed by atoms with E-state index in [1.165, 1.54) is 33.5 Å². The number of hydrogen-bond acceptors (Lipinski definition) is 1. The Morgan fingerprint density at radius 1 is 0.810 bits per heavy atom. The van der Waals surface area contributed by atoms with Crippen molar-refractivity contribution in [2.75, 3.05) is 0 Å². The van der Waals surface area contributed by atoms with E-state index in [0.29, 0.717) is 5.92 Å². The zero-order valence-electron chi connectivity index (χ0n) is 12.8. The van der Waals surface area contributed by atoms with Gasteiger partial charge in [0, 0.05) is 6.04 Å². The van der Waals surface area contributed by atoms with Crippen LogP contribution < -0.4 is 5.73 Å². The average Bonchev–Trinajstić information content (AvgIpc) is 2.50. The van der Waals surface area contributed by atoms with Crippen LogP contribution in [0, 0.1) is 5.92 Å². The third-order valence-electron chi connectivity index (χ3n) is 4.24. The zero-order chi connectivity index (χ0) is 14.8. The number of benzene rings is 3. The molecule has 0 aliphatic rings. The van der Waals surface area contributed by atoms with Crippen LogP contribution >= 0.6 is 0 Å². The minimum Gasteiger partial charge on any atom is -0.324 e. The standard InChI is InChI=1S/C20H23N/c1-14(2)11-12-19(21)20-17-9-5-3-7-15(17)13-16-8-4-6-10-18(16)20/h3-10,13-14,19H,11-12,21H2,1-2H3/t19-/m0/s1. The van der Waals surface area contributed by atoms with Crippen LogP contribution in [-0.2, 0) is 0 Å². The third kappa shape index (κ3) is 2.79. The molecule has 2 N–H and O–H groups in total. The summed E-state index contributed by atoms with van der Waals surface area (Å²) < 4.78 is 0. The predicted octanol–water partition coefficient (Wildman–Crippen LogP) is 5.43. The van der Waals surface area contributed by atoms with Crippen molar-refractivity contribution in [2.24, 2.45) is 11.7 Å². The van der Waals surface area contributed by atoms with Gasteiger partial charge in [-0.1, -0.05) is 62.4 Å². The van der Waals surface area contributed by atoms with Crippen molar-refractivity contribution in [3.05, 3.63) is 60.2 Å². The average molecular weight is 277 g/mol. The molecule has 3 aromatic carbocycles. The van der Waals surface area contributed by atoms with Crippen molar-refractivity contribution in [1.29, 1.82) is 0 Å². The lowest BCUT2D eigenvalue weighted by Crippen LogP contribution is -2.12. The summed E-state index contributed by atoms with van der Waals surface area (Å²) in [7, 11) is 0. The molecule has 0 saturated carbocycles. The van der Waals surface area contributed by atoms with Gasteiger partial charge in [0.15, 0.2) is 0 Å². The summed E-state index contributed by atoms with van der Waals surface area (Å²) in [6, 6.07) is 19.5. The van der Waals surface area contributed by atoms with Crippen LogP contribution in [0.25, 0.3) is 21.5 Å². The molecule has 108 valence electrons. The second kappa shape index (κ2) is 5.87. The van der Waals surface area contributed by atoms with Gasteiger partial charge in [-0.25, -0.2) is 0 Å². The van der Waals surface area contributed by atoms with Crippen molar-refractivity contribution >= 4 is 21.5 Å². The van der Waals surface area contributed by atoms with Gasteiger partial charge < -0.3 is 5.73 Å². The normalized spacial score (nSPS) is 13.1. The minimum absolute atomic E-state index is 0.100. The van der Waals surface area contributed by atoms with Gasteiger partial charge >= 0.3 is 0 Å². The molecule has 0 aliphatic carbocycles. The highest BCUT2D eigenvalue weighted by Crippen LogP contribution is 2.33. The molecule has 0 unspecified atom stereocenters. The number of rotatable bonds is 4. The molecule has 1 heteroatoms. The lowest BCUT2D eigenvalue weighted by Gasteiger charge is -2.19. The van der Waals surface area contributed by atoms with Gasteiger partial charge in [-0.15, -0.1) is 0 Å². The second-order valence-electron chi connectivity index (χ2n) is 6.31. The molecule has 0 radical (unpaired) electrons. The molecule has 0 saturated heterocycles. The second-order valence-corrected chi connectivity index (χ2v) is 6.31. The summed E-state index contributed by atoms with van der Waals surface area (Å²) in [6.45, 7) is 4.52. The Hall–Kier alpha value is -1.86. The maximum Gasteiger partial charge on any atom is 0.0307 e. The molecule has 0 aliphatic heterocycles. The summed E-state index contributed by atoms with van der Waals surface area (Å²) in [4.78, 5) is 0. The molecular formula is C20H23N. The molecule has 1 atom stereocenters. The Bertz CT molecular complexity index is 704. The maximum absolute atomic E-state index is 6.58. The van der Waals surface area contributed by atoms with Crippen molar-refractivity contribution < 1.29 is 0 Å². The van der Waals surface area contributed by atoms with Crippen LogP contribution in [0.15, 0.2) is 54.6 Å². The first-order chi connectivity index (χ1) is 10.2. The van der Waals surface area contributed by atoms with Crippen LogP contribution in [0.2, 0.25) is 0 Å². The first-order valence-corrected chi connectivity index (χ1v) is 7.83. The van der Waals surface area contributed by atoms with Crippen molar-refractivity contribution in [2.45, 2.75) is 32.7 Å². The van der Waals surface area contributed by atoms with E-state index >= 15 is 0 Å². The van der Waals surface area contributed by atoms with E-state index in [9.17, 15) is 0 Å². The summed E-state index contributed by atoms with van der Waals surface area (Å²) in [5, 5.41) is 5.16. The molecule has 3 aromatic rings. The topological polar surface area (TPSA) is 26.0 Å². The lowest BCUT2D eigenvalue weighted by molar-refractivity contribution is 0.510. The quantitative estimate of drug-likeness (QED) is 0.632. The van der Waals surface area contributed by atoms with Gasteiger partial charge in [-0.2, -0.15) is 0 Å². The fourth-order valence-corrected chi connectivity index (χ4v) is 3.11. The fraction of sp³-hybridized carbons (Fsp3) is 0.300. The van der Waals surface area contributed by atoms with E-state index in [4.69, 9.17) is 5.73 Å². The van der Waals surface area contributed by atoms with E-state index in [-0.39, 0.29) is 6.04 Å². The molecule has 0 amide bonds. The van der Waals surface area contributed by atoms with E-state index in [2.05, 4.69) is 68.4 Å². The van der Waals surface area contributed by atoms with Crippen molar-refractivity contribution in [3.63, 3.8) is 0 Å².